The molecular weight excluding hydrogens is 243 g/mol. The second-order valence-electron chi connectivity index (χ2n) is 4.00. The molecule has 0 N–H and O–H groups in total. The van der Waals surface area contributed by atoms with Crippen LogP contribution in [-0.2, 0) is 0 Å². The molecule has 2 heteroatoms. The predicted octanol–water partition coefficient (Wildman–Crippen LogP) is 4.35. The monoisotopic (exact) mass is 258 g/mol. The van der Waals surface area contributed by atoms with Gasteiger partial charge in [0.15, 0.2) is 0 Å². The van der Waals surface area contributed by atoms with Crippen LogP contribution >= 0.6 is 15.9 Å². The highest BCUT2D eigenvalue weighted by Crippen LogP contribution is 2.30. The van der Waals surface area contributed by atoms with Gasteiger partial charge in [-0.25, -0.2) is 4.39 Å². The molecule has 2 atom stereocenters. The maximum absolute atomic E-state index is 13.4. The Morgan fingerprint density at radius 1 is 1.14 bits per heavy atom. The van der Waals surface area contributed by atoms with E-state index in [4.69, 9.17) is 0 Å². The zero-order valence-corrected chi connectivity index (χ0v) is 10.4. The Kier molecular flexibility index (Phi) is 4.11. The van der Waals surface area contributed by atoms with Crippen LogP contribution in [0.2, 0.25) is 0 Å². The van der Waals surface area contributed by atoms with E-state index in [0.29, 0.717) is 10.7 Å². The van der Waals surface area contributed by atoms with Crippen LogP contribution in [-0.4, -0.2) is 4.83 Å². The van der Waals surface area contributed by atoms with Crippen molar-refractivity contribution in [2.45, 2.75) is 31.5 Å². The van der Waals surface area contributed by atoms with Crippen molar-refractivity contribution in [1.29, 1.82) is 0 Å². The van der Waals surface area contributed by atoms with Gasteiger partial charge in [-0.2, -0.15) is 0 Å². The average molecular weight is 259 g/mol. The minimum atomic E-state index is -0.106. The largest absolute Gasteiger partial charge is 0.207 e. The number of alkyl halides is 1. The summed E-state index contributed by atoms with van der Waals surface area (Å²) in [5.74, 6) is 0.603. The Balaban J connectivity index is 2.89. The smallest absolute Gasteiger partial charge is 0.126 e. The molecule has 0 heterocycles. The lowest BCUT2D eigenvalue weighted by molar-refractivity contribution is 0.522. The van der Waals surface area contributed by atoms with E-state index in [9.17, 15) is 4.39 Å². The third-order valence-corrected chi connectivity index (χ3v) is 4.36. The molecule has 0 saturated carbocycles. The third kappa shape index (κ3) is 2.57. The Hall–Kier alpha value is -0.370. The van der Waals surface area contributed by atoms with Gasteiger partial charge in [0.1, 0.15) is 5.82 Å². The molecule has 0 spiro atoms. The molecule has 0 aliphatic rings. The Morgan fingerprint density at radius 3 is 2.21 bits per heavy atom. The summed E-state index contributed by atoms with van der Waals surface area (Å²) in [7, 11) is 0. The number of rotatable bonds is 3. The highest BCUT2D eigenvalue weighted by atomic mass is 79.9. The molecule has 2 unspecified atom stereocenters. The summed E-state index contributed by atoms with van der Waals surface area (Å²) in [6, 6.07) is 6.99. The lowest BCUT2D eigenvalue weighted by Gasteiger charge is -2.22. The molecule has 0 amide bonds. The quantitative estimate of drug-likeness (QED) is 0.708. The highest BCUT2D eigenvalue weighted by Gasteiger charge is 2.21. The van der Waals surface area contributed by atoms with Gasteiger partial charge in [0.25, 0.3) is 0 Å². The van der Waals surface area contributed by atoms with E-state index in [1.165, 1.54) is 6.07 Å². The predicted molar refractivity (Wildman–Crippen MR) is 62.4 cm³/mol. The Labute approximate surface area is 93.7 Å². The number of hydrogen-bond donors (Lipinski definition) is 0. The summed E-state index contributed by atoms with van der Waals surface area (Å²) in [4.78, 5) is 0.319. The summed E-state index contributed by atoms with van der Waals surface area (Å²) in [5.41, 5.74) is 0.795. The van der Waals surface area contributed by atoms with Crippen LogP contribution in [0.15, 0.2) is 24.3 Å². The zero-order valence-electron chi connectivity index (χ0n) is 8.80. The van der Waals surface area contributed by atoms with E-state index in [-0.39, 0.29) is 11.7 Å². The van der Waals surface area contributed by atoms with Gasteiger partial charge in [-0.1, -0.05) is 54.9 Å². The van der Waals surface area contributed by atoms with E-state index in [2.05, 4.69) is 36.7 Å². The summed E-state index contributed by atoms with van der Waals surface area (Å²) in [6.07, 6.45) is 0. The molecule has 1 aromatic carbocycles. The minimum absolute atomic E-state index is 0.106. The topological polar surface area (TPSA) is 0 Å². The maximum atomic E-state index is 13.4. The van der Waals surface area contributed by atoms with Gasteiger partial charge in [-0.05, 0) is 23.5 Å². The normalized spacial score (nSPS) is 15.6. The molecule has 0 radical (unpaired) electrons. The Bertz CT molecular complexity index is 296. The van der Waals surface area contributed by atoms with E-state index < -0.39 is 0 Å². The van der Waals surface area contributed by atoms with Crippen LogP contribution in [0, 0.1) is 11.7 Å². The van der Waals surface area contributed by atoms with E-state index >= 15 is 0 Å². The molecule has 0 aromatic heterocycles. The molecule has 0 bridgehead atoms. The Morgan fingerprint density at radius 2 is 1.71 bits per heavy atom. The SMILES string of the molecule is CC(C)C(Br)C(C)c1ccccc1F. The van der Waals surface area contributed by atoms with Crippen molar-refractivity contribution in [1.82, 2.24) is 0 Å². The summed E-state index contributed by atoms with van der Waals surface area (Å²) in [6.45, 7) is 6.32. The second-order valence-corrected chi connectivity index (χ2v) is 5.06. The van der Waals surface area contributed by atoms with Gasteiger partial charge in [0, 0.05) is 4.83 Å². The first-order valence-corrected chi connectivity index (χ1v) is 5.84. The third-order valence-electron chi connectivity index (χ3n) is 2.51. The second kappa shape index (κ2) is 4.92. The molecule has 1 rings (SSSR count). The van der Waals surface area contributed by atoms with Crippen molar-refractivity contribution in [3.8, 4) is 0 Å². The fraction of sp³-hybridized carbons (Fsp3) is 0.500. The van der Waals surface area contributed by atoms with Gasteiger partial charge in [-0.15, -0.1) is 0 Å². The van der Waals surface area contributed by atoms with Crippen LogP contribution in [0.25, 0.3) is 0 Å². The fourth-order valence-electron chi connectivity index (χ4n) is 1.59. The first-order chi connectivity index (χ1) is 6.54. The van der Waals surface area contributed by atoms with Crippen LogP contribution in [0.1, 0.15) is 32.3 Å². The molecule has 0 nitrogen and oxygen atoms in total. The van der Waals surface area contributed by atoms with Gasteiger partial charge < -0.3 is 0 Å². The zero-order chi connectivity index (χ0) is 10.7. The molecule has 78 valence electrons. The van der Waals surface area contributed by atoms with Crippen LogP contribution in [0.3, 0.4) is 0 Å². The minimum Gasteiger partial charge on any atom is -0.207 e. The van der Waals surface area contributed by atoms with Crippen molar-refractivity contribution < 1.29 is 4.39 Å². The van der Waals surface area contributed by atoms with Crippen molar-refractivity contribution >= 4 is 15.9 Å². The molecule has 1 aromatic rings. The summed E-state index contributed by atoms with van der Waals surface area (Å²) in [5, 5.41) is 0. The molecule has 0 aliphatic carbocycles. The number of hydrogen-bond acceptors (Lipinski definition) is 0. The van der Waals surface area contributed by atoms with Crippen LogP contribution in [0.4, 0.5) is 4.39 Å². The first kappa shape index (κ1) is 11.7. The van der Waals surface area contributed by atoms with Gasteiger partial charge in [-0.3, -0.25) is 0 Å². The van der Waals surface area contributed by atoms with Crippen molar-refractivity contribution in [3.05, 3.63) is 35.6 Å². The van der Waals surface area contributed by atoms with E-state index in [1.807, 2.05) is 12.1 Å². The first-order valence-electron chi connectivity index (χ1n) is 4.92. The lowest BCUT2D eigenvalue weighted by atomic mass is 9.91. The molecule has 0 aliphatic heterocycles. The van der Waals surface area contributed by atoms with Crippen LogP contribution < -0.4 is 0 Å². The lowest BCUT2D eigenvalue weighted by Crippen LogP contribution is -2.16. The van der Waals surface area contributed by atoms with Crippen molar-refractivity contribution in [3.63, 3.8) is 0 Å². The molecular formula is C12H16BrF. The van der Waals surface area contributed by atoms with Crippen molar-refractivity contribution in [2.24, 2.45) is 5.92 Å². The standard InChI is InChI=1S/C12H16BrF/c1-8(2)12(13)9(3)10-6-4-5-7-11(10)14/h4-9,12H,1-3H3. The molecule has 0 saturated heterocycles. The number of halogens is 2. The van der Waals surface area contributed by atoms with Gasteiger partial charge >= 0.3 is 0 Å². The average Bonchev–Trinajstić information content (AvgIpc) is 2.16. The van der Waals surface area contributed by atoms with E-state index in [1.54, 1.807) is 6.07 Å². The summed E-state index contributed by atoms with van der Waals surface area (Å²) < 4.78 is 13.4. The molecule has 0 fully saturated rings. The van der Waals surface area contributed by atoms with Crippen LogP contribution in [0.5, 0.6) is 0 Å². The van der Waals surface area contributed by atoms with Gasteiger partial charge in [0.05, 0.1) is 0 Å². The molecule has 14 heavy (non-hydrogen) atoms. The van der Waals surface area contributed by atoms with Crippen molar-refractivity contribution in [2.75, 3.05) is 0 Å². The summed E-state index contributed by atoms with van der Waals surface area (Å²) >= 11 is 3.61. The number of benzene rings is 1. The van der Waals surface area contributed by atoms with Gasteiger partial charge in [0.2, 0.25) is 0 Å². The highest BCUT2D eigenvalue weighted by molar-refractivity contribution is 9.09. The fourth-order valence-corrected chi connectivity index (χ4v) is 1.88. The maximum Gasteiger partial charge on any atom is 0.126 e. The van der Waals surface area contributed by atoms with E-state index in [0.717, 1.165) is 5.56 Å².